The second kappa shape index (κ2) is 12.4. The second-order valence-corrected chi connectivity index (χ2v) is 8.79. The van der Waals surface area contributed by atoms with E-state index in [1.165, 1.54) is 25.6 Å². The first-order valence-electron chi connectivity index (χ1n) is 11.5. The van der Waals surface area contributed by atoms with Crippen LogP contribution in [0.15, 0.2) is 55.0 Å². The van der Waals surface area contributed by atoms with Gasteiger partial charge in [0.1, 0.15) is 17.8 Å². The third-order valence-electron chi connectivity index (χ3n) is 5.16. The molecule has 0 saturated heterocycles. The zero-order valence-corrected chi connectivity index (χ0v) is 20.3. The molecule has 3 aromatic rings. The highest BCUT2D eigenvalue weighted by molar-refractivity contribution is 6.35. The van der Waals surface area contributed by atoms with Crippen LogP contribution in [-0.4, -0.2) is 22.5 Å². The summed E-state index contributed by atoms with van der Waals surface area (Å²) in [5, 5.41) is 0.349. The monoisotopic (exact) mass is 466 g/mol. The van der Waals surface area contributed by atoms with Gasteiger partial charge >= 0.3 is 5.97 Å². The molecule has 0 radical (unpaired) electrons. The Labute approximate surface area is 201 Å². The van der Waals surface area contributed by atoms with Crippen molar-refractivity contribution in [3.63, 3.8) is 0 Å². The van der Waals surface area contributed by atoms with Gasteiger partial charge in [-0.1, -0.05) is 75.9 Å². The molecule has 1 heterocycles. The van der Waals surface area contributed by atoms with Crippen LogP contribution in [0.2, 0.25) is 5.02 Å². The van der Waals surface area contributed by atoms with Crippen LogP contribution < -0.4 is 9.47 Å². The van der Waals surface area contributed by atoms with Crippen LogP contribution in [0.1, 0.15) is 52.9 Å². The van der Waals surface area contributed by atoms with E-state index < -0.39 is 0 Å². The molecule has 1 aromatic heterocycles. The Morgan fingerprint density at radius 2 is 1.82 bits per heavy atom. The van der Waals surface area contributed by atoms with Crippen molar-refractivity contribution in [2.24, 2.45) is 5.92 Å². The maximum atomic E-state index is 12.2. The third kappa shape index (κ3) is 7.03. The van der Waals surface area contributed by atoms with E-state index in [4.69, 9.17) is 21.1 Å². The average Bonchev–Trinajstić information content (AvgIpc) is 2.80. The van der Waals surface area contributed by atoms with Gasteiger partial charge in [-0.15, -0.1) is 0 Å². The fraction of sp³-hybridized carbons (Fsp3) is 0.370. The molecule has 0 fully saturated rings. The van der Waals surface area contributed by atoms with Gasteiger partial charge in [0.05, 0.1) is 17.3 Å². The van der Waals surface area contributed by atoms with Crippen molar-refractivity contribution in [3.8, 4) is 33.9 Å². The van der Waals surface area contributed by atoms with E-state index in [9.17, 15) is 4.79 Å². The number of carbonyl (C=O) groups is 1. The summed E-state index contributed by atoms with van der Waals surface area (Å²) in [4.78, 5) is 20.8. The fourth-order valence-corrected chi connectivity index (χ4v) is 3.73. The Hall–Kier alpha value is -2.92. The average molecular weight is 467 g/mol. The Kier molecular flexibility index (Phi) is 9.25. The molecule has 0 aliphatic carbocycles. The van der Waals surface area contributed by atoms with Crippen molar-refractivity contribution < 1.29 is 14.3 Å². The van der Waals surface area contributed by atoms with Gasteiger partial charge in [0, 0.05) is 23.7 Å². The minimum absolute atomic E-state index is 0.205. The summed E-state index contributed by atoms with van der Waals surface area (Å²) in [5.41, 5.74) is 3.13. The van der Waals surface area contributed by atoms with Crippen LogP contribution in [0.5, 0.6) is 11.5 Å². The number of esters is 1. The summed E-state index contributed by atoms with van der Waals surface area (Å²) >= 11 is 6.64. The second-order valence-electron chi connectivity index (χ2n) is 8.41. The van der Waals surface area contributed by atoms with Gasteiger partial charge in [-0.05, 0) is 36.1 Å². The summed E-state index contributed by atoms with van der Waals surface area (Å²) in [5.74, 6) is 1.07. The predicted molar refractivity (Wildman–Crippen MR) is 133 cm³/mol. The number of unbranched alkanes of at least 4 members (excludes halogenated alkanes) is 3. The number of benzene rings is 2. The molecule has 0 amide bonds. The highest BCUT2D eigenvalue weighted by atomic mass is 35.5. The van der Waals surface area contributed by atoms with Crippen LogP contribution in [0.25, 0.3) is 22.4 Å². The Balaban J connectivity index is 1.81. The molecular formula is C27H31ClN2O3. The predicted octanol–water partition coefficient (Wildman–Crippen LogP) is 7.37. The zero-order chi connectivity index (χ0) is 23.6. The largest absolute Gasteiger partial charge is 0.494 e. The summed E-state index contributed by atoms with van der Waals surface area (Å²) in [6, 6.07) is 13.3. The van der Waals surface area contributed by atoms with E-state index in [-0.39, 0.29) is 11.9 Å². The van der Waals surface area contributed by atoms with Gasteiger partial charge in [0.2, 0.25) is 0 Å². The first kappa shape index (κ1) is 24.7. The minimum Gasteiger partial charge on any atom is -0.494 e. The molecule has 0 N–H and O–H groups in total. The van der Waals surface area contributed by atoms with Crippen molar-refractivity contribution in [2.45, 2.75) is 52.9 Å². The van der Waals surface area contributed by atoms with Crippen molar-refractivity contribution >= 4 is 17.6 Å². The van der Waals surface area contributed by atoms with Crippen molar-refractivity contribution in [3.05, 3.63) is 60.0 Å². The molecule has 0 unspecified atom stereocenters. The van der Waals surface area contributed by atoms with Gasteiger partial charge in [-0.2, -0.15) is 0 Å². The number of rotatable bonds is 11. The number of aromatic nitrogens is 2. The first-order chi connectivity index (χ1) is 16.0. The molecule has 3 rings (SSSR count). The number of ether oxygens (including phenoxy) is 2. The number of hydrogen-bond donors (Lipinski definition) is 0. The number of nitrogens with zero attached hydrogens (tertiary/aromatic N) is 2. The van der Waals surface area contributed by atoms with Crippen LogP contribution in [0.4, 0.5) is 0 Å². The third-order valence-corrected chi connectivity index (χ3v) is 5.55. The lowest BCUT2D eigenvalue weighted by Crippen LogP contribution is -2.11. The molecule has 2 aromatic carbocycles. The van der Waals surface area contributed by atoms with Gasteiger partial charge in [0.25, 0.3) is 0 Å². The van der Waals surface area contributed by atoms with E-state index in [0.717, 1.165) is 29.9 Å². The molecule has 0 bridgehead atoms. The lowest BCUT2D eigenvalue weighted by molar-refractivity contribution is -0.135. The van der Waals surface area contributed by atoms with Crippen molar-refractivity contribution in [2.75, 3.05) is 6.61 Å². The number of hydrogen-bond acceptors (Lipinski definition) is 5. The highest BCUT2D eigenvalue weighted by Crippen LogP contribution is 2.39. The Morgan fingerprint density at radius 1 is 1.03 bits per heavy atom. The van der Waals surface area contributed by atoms with Crippen LogP contribution in [0.3, 0.4) is 0 Å². The molecule has 5 nitrogen and oxygen atoms in total. The van der Waals surface area contributed by atoms with E-state index in [1.807, 2.05) is 44.2 Å². The lowest BCUT2D eigenvalue weighted by atomic mass is 10.0. The zero-order valence-electron chi connectivity index (χ0n) is 19.5. The van der Waals surface area contributed by atoms with Crippen LogP contribution in [0, 0.1) is 5.92 Å². The molecule has 6 heteroatoms. The van der Waals surface area contributed by atoms with E-state index in [2.05, 4.69) is 16.9 Å². The minimum atomic E-state index is -0.308. The van der Waals surface area contributed by atoms with Gasteiger partial charge in [-0.3, -0.25) is 4.79 Å². The molecule has 0 saturated carbocycles. The maximum Gasteiger partial charge on any atom is 0.311 e. The molecule has 0 atom stereocenters. The van der Waals surface area contributed by atoms with Crippen LogP contribution in [-0.2, 0) is 4.79 Å². The molecular weight excluding hydrogens is 436 g/mol. The molecule has 33 heavy (non-hydrogen) atoms. The summed E-state index contributed by atoms with van der Waals surface area (Å²) in [7, 11) is 0. The van der Waals surface area contributed by atoms with Gasteiger partial charge in [-0.25, -0.2) is 9.97 Å². The Bertz CT molecular complexity index is 1050. The lowest BCUT2D eigenvalue weighted by Gasteiger charge is -2.13. The van der Waals surface area contributed by atoms with Gasteiger partial charge < -0.3 is 9.47 Å². The highest BCUT2D eigenvalue weighted by Gasteiger charge is 2.17. The van der Waals surface area contributed by atoms with Crippen LogP contribution >= 0.6 is 11.6 Å². The van der Waals surface area contributed by atoms with Crippen molar-refractivity contribution in [1.82, 2.24) is 9.97 Å². The first-order valence-corrected chi connectivity index (χ1v) is 11.9. The molecule has 174 valence electrons. The quantitative estimate of drug-likeness (QED) is 0.167. The number of halogens is 1. The van der Waals surface area contributed by atoms with E-state index in [1.54, 1.807) is 18.3 Å². The Morgan fingerprint density at radius 3 is 2.55 bits per heavy atom. The number of carbonyl (C=O) groups excluding carboxylic acids is 1. The van der Waals surface area contributed by atoms with Crippen molar-refractivity contribution in [1.29, 1.82) is 0 Å². The standard InChI is InChI=1S/C27H31ClN2O3/c1-4-5-6-7-15-32-21-13-11-20(12-14-21)23-17-29-18-30-27(23)22-9-8-10-24(26(22)28)33-25(31)16-19(2)3/h8-14,17-19H,4-7,15-16H2,1-3H3. The smallest absolute Gasteiger partial charge is 0.311 e. The SMILES string of the molecule is CCCCCCOc1ccc(-c2cncnc2-c2cccc(OC(=O)CC(C)C)c2Cl)cc1. The normalized spacial score (nSPS) is 10.9. The molecule has 0 spiro atoms. The van der Waals surface area contributed by atoms with E-state index >= 15 is 0 Å². The summed E-state index contributed by atoms with van der Waals surface area (Å²) < 4.78 is 11.4. The molecule has 0 aliphatic heterocycles. The molecule has 0 aliphatic rings. The summed E-state index contributed by atoms with van der Waals surface area (Å²) in [6.45, 7) is 6.85. The maximum absolute atomic E-state index is 12.2. The fourth-order valence-electron chi connectivity index (χ4n) is 3.48. The van der Waals surface area contributed by atoms with Gasteiger partial charge in [0.15, 0.2) is 0 Å². The van der Waals surface area contributed by atoms with E-state index in [0.29, 0.717) is 28.5 Å². The summed E-state index contributed by atoms with van der Waals surface area (Å²) in [6.07, 6.45) is 8.27. The topological polar surface area (TPSA) is 61.3 Å².